The predicted octanol–water partition coefficient (Wildman–Crippen LogP) is 1.13. The molecule has 0 aromatic carbocycles. The molecule has 0 rings (SSSR count). The highest BCUT2D eigenvalue weighted by molar-refractivity contribution is 6.47. The Kier molecular flexibility index (Phi) is 5.35. The van der Waals surface area contributed by atoms with E-state index in [0.717, 1.165) is 24.8 Å². The van der Waals surface area contributed by atoms with Crippen molar-refractivity contribution >= 4 is 7.12 Å². The zero-order valence-corrected chi connectivity index (χ0v) is 6.67. The zero-order valence-electron chi connectivity index (χ0n) is 6.67. The molecule has 0 unspecified atom stereocenters. The Balaban J connectivity index is 3.49. The maximum Gasteiger partial charge on any atom is 0.480 e. The third-order valence-electron chi connectivity index (χ3n) is 1.36. The van der Waals surface area contributed by atoms with Gasteiger partial charge in [-0.2, -0.15) is 0 Å². The summed E-state index contributed by atoms with van der Waals surface area (Å²) in [4.78, 5) is 0. The summed E-state index contributed by atoms with van der Waals surface area (Å²) in [5, 5.41) is 17.0. The highest BCUT2D eigenvalue weighted by Crippen LogP contribution is 2.05. The molecule has 0 atom stereocenters. The van der Waals surface area contributed by atoms with Crippen molar-refractivity contribution in [3.63, 3.8) is 0 Å². The first-order valence-electron chi connectivity index (χ1n) is 3.70. The van der Waals surface area contributed by atoms with Crippen LogP contribution in [0.2, 0.25) is 0 Å². The molecule has 0 saturated heterocycles. The van der Waals surface area contributed by atoms with Gasteiger partial charge in [-0.25, -0.2) is 0 Å². The van der Waals surface area contributed by atoms with Crippen LogP contribution in [-0.4, -0.2) is 17.2 Å². The Morgan fingerprint density at radius 1 is 1.50 bits per heavy atom. The summed E-state index contributed by atoms with van der Waals surface area (Å²) in [5.74, 6) is 1.47. The Bertz CT molecular complexity index is 110. The lowest BCUT2D eigenvalue weighted by Crippen LogP contribution is -2.07. The third-order valence-corrected chi connectivity index (χ3v) is 1.36. The van der Waals surface area contributed by atoms with E-state index in [2.05, 4.69) is 6.92 Å². The lowest BCUT2D eigenvalue weighted by Gasteiger charge is -1.97. The van der Waals surface area contributed by atoms with Gasteiger partial charge in [-0.3, -0.25) is 0 Å². The van der Waals surface area contributed by atoms with E-state index in [1.807, 2.05) is 6.92 Å². The van der Waals surface area contributed by atoms with Crippen molar-refractivity contribution in [3.8, 4) is 0 Å². The van der Waals surface area contributed by atoms with Crippen molar-refractivity contribution in [2.45, 2.75) is 33.1 Å². The van der Waals surface area contributed by atoms with Gasteiger partial charge in [0.05, 0.1) is 0 Å². The molecule has 0 heterocycles. The lowest BCUT2D eigenvalue weighted by atomic mass is 9.87. The Labute approximate surface area is 62.7 Å². The van der Waals surface area contributed by atoms with Gasteiger partial charge < -0.3 is 10.0 Å². The van der Waals surface area contributed by atoms with Crippen molar-refractivity contribution in [2.24, 2.45) is 0 Å². The van der Waals surface area contributed by atoms with Crippen molar-refractivity contribution in [3.05, 3.63) is 11.5 Å². The highest BCUT2D eigenvalue weighted by Gasteiger charge is 2.00. The Hall–Kier alpha value is -0.275. The molecule has 0 aromatic heterocycles. The molecular weight excluding hydrogens is 127 g/mol. The second kappa shape index (κ2) is 5.51. The largest absolute Gasteiger partial charge is 0.480 e. The summed E-state index contributed by atoms with van der Waals surface area (Å²) in [6.07, 6.45) is 3.23. The van der Waals surface area contributed by atoms with Crippen LogP contribution in [0.25, 0.3) is 0 Å². The quantitative estimate of drug-likeness (QED) is 0.577. The summed E-state index contributed by atoms with van der Waals surface area (Å²) in [7, 11) is -1.28. The van der Waals surface area contributed by atoms with Crippen LogP contribution in [0.1, 0.15) is 33.1 Å². The van der Waals surface area contributed by atoms with Gasteiger partial charge in [0.25, 0.3) is 0 Å². The molecule has 10 heavy (non-hydrogen) atoms. The SMILES string of the molecule is CCCC/C(C)=C/B(O)O. The standard InChI is InChI=1S/C7H15BO2/c1-3-4-5-7(2)6-8(9)10/h6,9-10H,3-5H2,1-2H3/b7-6+. The number of unbranched alkanes of at least 4 members (excludes halogenated alkanes) is 1. The molecule has 0 radical (unpaired) electrons. The summed E-state index contributed by atoms with van der Waals surface area (Å²) >= 11 is 0. The fourth-order valence-electron chi connectivity index (χ4n) is 0.793. The zero-order chi connectivity index (χ0) is 7.98. The summed E-state index contributed by atoms with van der Waals surface area (Å²) < 4.78 is 0. The van der Waals surface area contributed by atoms with Crippen LogP contribution in [0.3, 0.4) is 0 Å². The third kappa shape index (κ3) is 5.85. The van der Waals surface area contributed by atoms with Gasteiger partial charge in [-0.1, -0.05) is 24.9 Å². The van der Waals surface area contributed by atoms with Crippen molar-refractivity contribution in [1.82, 2.24) is 0 Å². The van der Waals surface area contributed by atoms with Crippen LogP contribution < -0.4 is 0 Å². The molecule has 0 fully saturated rings. The van der Waals surface area contributed by atoms with Gasteiger partial charge >= 0.3 is 7.12 Å². The highest BCUT2D eigenvalue weighted by atomic mass is 16.4. The van der Waals surface area contributed by atoms with Gasteiger partial charge in [0.15, 0.2) is 0 Å². The second-order valence-corrected chi connectivity index (χ2v) is 2.53. The molecular formula is C7H15BO2. The van der Waals surface area contributed by atoms with Crippen LogP contribution in [0.5, 0.6) is 0 Å². The average molecular weight is 142 g/mol. The van der Waals surface area contributed by atoms with E-state index in [1.165, 1.54) is 5.98 Å². The fourth-order valence-corrected chi connectivity index (χ4v) is 0.793. The van der Waals surface area contributed by atoms with E-state index >= 15 is 0 Å². The summed E-state index contributed by atoms with van der Waals surface area (Å²) in [6, 6.07) is 0. The van der Waals surface area contributed by atoms with E-state index in [0.29, 0.717) is 0 Å². The molecule has 0 bridgehead atoms. The molecule has 2 nitrogen and oxygen atoms in total. The molecule has 0 aliphatic carbocycles. The topological polar surface area (TPSA) is 40.5 Å². The van der Waals surface area contributed by atoms with Crippen molar-refractivity contribution in [1.29, 1.82) is 0 Å². The van der Waals surface area contributed by atoms with E-state index in [4.69, 9.17) is 10.0 Å². The van der Waals surface area contributed by atoms with Crippen LogP contribution in [0.4, 0.5) is 0 Å². The minimum Gasteiger partial charge on any atom is -0.424 e. The first-order valence-corrected chi connectivity index (χ1v) is 3.70. The molecule has 3 heteroatoms. The molecule has 0 aliphatic heterocycles. The Morgan fingerprint density at radius 3 is 2.50 bits per heavy atom. The van der Waals surface area contributed by atoms with Gasteiger partial charge in [-0.15, -0.1) is 0 Å². The van der Waals surface area contributed by atoms with Gasteiger partial charge in [0.1, 0.15) is 0 Å². The van der Waals surface area contributed by atoms with Crippen LogP contribution in [0, 0.1) is 0 Å². The molecule has 2 N–H and O–H groups in total. The van der Waals surface area contributed by atoms with Gasteiger partial charge in [-0.05, 0) is 19.8 Å². The molecule has 58 valence electrons. The Morgan fingerprint density at radius 2 is 2.10 bits per heavy atom. The fraction of sp³-hybridized carbons (Fsp3) is 0.714. The van der Waals surface area contributed by atoms with Crippen LogP contribution >= 0.6 is 0 Å². The molecule has 0 spiro atoms. The van der Waals surface area contributed by atoms with Crippen LogP contribution in [0.15, 0.2) is 11.5 Å². The normalized spacial score (nSPS) is 11.8. The maximum absolute atomic E-state index is 8.50. The number of hydrogen-bond donors (Lipinski definition) is 2. The first-order chi connectivity index (χ1) is 4.66. The van der Waals surface area contributed by atoms with E-state index in [-0.39, 0.29) is 0 Å². The monoisotopic (exact) mass is 142 g/mol. The predicted molar refractivity (Wildman–Crippen MR) is 43.5 cm³/mol. The van der Waals surface area contributed by atoms with Crippen LogP contribution in [-0.2, 0) is 0 Å². The summed E-state index contributed by atoms with van der Waals surface area (Å²) in [6.45, 7) is 4.03. The minimum atomic E-state index is -1.28. The minimum absolute atomic E-state index is 0.966. The molecule has 0 saturated carbocycles. The second-order valence-electron chi connectivity index (χ2n) is 2.53. The average Bonchev–Trinajstić information content (AvgIpc) is 1.82. The first kappa shape index (κ1) is 9.72. The smallest absolute Gasteiger partial charge is 0.424 e. The van der Waals surface area contributed by atoms with Gasteiger partial charge in [0, 0.05) is 0 Å². The van der Waals surface area contributed by atoms with Crippen molar-refractivity contribution in [2.75, 3.05) is 0 Å². The van der Waals surface area contributed by atoms with E-state index < -0.39 is 7.12 Å². The number of rotatable bonds is 4. The maximum atomic E-state index is 8.50. The van der Waals surface area contributed by atoms with E-state index in [9.17, 15) is 0 Å². The van der Waals surface area contributed by atoms with Crippen molar-refractivity contribution < 1.29 is 10.0 Å². The molecule has 0 amide bonds. The molecule has 0 aliphatic rings. The van der Waals surface area contributed by atoms with Gasteiger partial charge in [0.2, 0.25) is 0 Å². The summed E-state index contributed by atoms with van der Waals surface area (Å²) in [5.41, 5.74) is 1.05. The number of hydrogen-bond acceptors (Lipinski definition) is 2. The van der Waals surface area contributed by atoms with E-state index in [1.54, 1.807) is 0 Å². The number of allylic oxidation sites excluding steroid dienone is 1. The molecule has 0 aromatic rings. The lowest BCUT2D eigenvalue weighted by molar-refractivity contribution is 0.423.